The van der Waals surface area contributed by atoms with Gasteiger partial charge in [0.05, 0.1) is 17.7 Å². The van der Waals surface area contributed by atoms with E-state index in [0.29, 0.717) is 36.3 Å². The number of rotatable bonds is 5. The number of nitriles is 1. The zero-order valence-electron chi connectivity index (χ0n) is 15.0. The maximum Gasteiger partial charge on any atom is 0.471 e. The molecule has 3 rings (SSSR count). The first-order valence-corrected chi connectivity index (χ1v) is 9.99. The lowest BCUT2D eigenvalue weighted by atomic mass is 9.85. The van der Waals surface area contributed by atoms with E-state index >= 15 is 0 Å². The van der Waals surface area contributed by atoms with Gasteiger partial charge in [0.1, 0.15) is 17.5 Å². The van der Waals surface area contributed by atoms with Crippen molar-refractivity contribution in [3.05, 3.63) is 29.3 Å². The summed E-state index contributed by atoms with van der Waals surface area (Å²) in [5, 5.41) is 9.23. The minimum Gasteiger partial charge on any atom is -0.485 e. The molecule has 0 aliphatic carbocycles. The third-order valence-corrected chi connectivity index (χ3v) is 5.16. The van der Waals surface area contributed by atoms with Crippen molar-refractivity contribution >= 4 is 13.7 Å². The summed E-state index contributed by atoms with van der Waals surface area (Å²) >= 11 is 0. The zero-order chi connectivity index (χ0) is 19.8. The molecule has 146 valence electrons. The SMILES string of the molecule is CC1(C)Oc2ccc(C#N)cc2[C@@H](N2CCCC2=O)[C@H]1OCOP(=O)(O)O. The van der Waals surface area contributed by atoms with Gasteiger partial charge in [0.15, 0.2) is 6.79 Å². The van der Waals surface area contributed by atoms with E-state index in [1.165, 1.54) is 0 Å². The number of phosphoric acid groups is 1. The number of carbonyl (C=O) groups is 1. The molecule has 0 aromatic heterocycles. The van der Waals surface area contributed by atoms with E-state index in [-0.39, 0.29) is 5.91 Å². The molecule has 0 spiro atoms. The van der Waals surface area contributed by atoms with E-state index < -0.39 is 32.4 Å². The van der Waals surface area contributed by atoms with Crippen molar-refractivity contribution in [3.63, 3.8) is 0 Å². The lowest BCUT2D eigenvalue weighted by Gasteiger charge is -2.47. The number of hydrogen-bond donors (Lipinski definition) is 2. The maximum atomic E-state index is 12.4. The highest BCUT2D eigenvalue weighted by molar-refractivity contribution is 7.46. The molecule has 0 bridgehead atoms. The van der Waals surface area contributed by atoms with Crippen LogP contribution in [-0.4, -0.2) is 45.6 Å². The summed E-state index contributed by atoms with van der Waals surface area (Å²) in [4.78, 5) is 31.9. The smallest absolute Gasteiger partial charge is 0.471 e. The number of phosphoric ester groups is 1. The summed E-state index contributed by atoms with van der Waals surface area (Å²) in [6, 6.07) is 6.48. The summed E-state index contributed by atoms with van der Waals surface area (Å²) in [6.07, 6.45) is 0.361. The number of carbonyl (C=O) groups excluding carboxylic acids is 1. The summed E-state index contributed by atoms with van der Waals surface area (Å²) in [5.74, 6) is 0.495. The van der Waals surface area contributed by atoms with Crippen molar-refractivity contribution in [1.29, 1.82) is 5.26 Å². The van der Waals surface area contributed by atoms with Crippen molar-refractivity contribution in [2.45, 2.75) is 44.4 Å². The van der Waals surface area contributed by atoms with Gasteiger partial charge in [0.25, 0.3) is 0 Å². The number of amides is 1. The van der Waals surface area contributed by atoms with Crippen LogP contribution in [0.15, 0.2) is 18.2 Å². The lowest BCUT2D eigenvalue weighted by Crippen LogP contribution is -2.55. The molecule has 1 saturated heterocycles. The zero-order valence-corrected chi connectivity index (χ0v) is 15.9. The number of ether oxygens (including phenoxy) is 2. The molecule has 1 fully saturated rings. The second-order valence-corrected chi connectivity index (χ2v) is 8.27. The Morgan fingerprint density at radius 2 is 2.19 bits per heavy atom. The van der Waals surface area contributed by atoms with Crippen LogP contribution in [0.5, 0.6) is 5.75 Å². The molecule has 27 heavy (non-hydrogen) atoms. The minimum atomic E-state index is -4.70. The molecule has 1 aromatic rings. The van der Waals surface area contributed by atoms with E-state index in [2.05, 4.69) is 10.6 Å². The van der Waals surface area contributed by atoms with Gasteiger partial charge >= 0.3 is 7.82 Å². The van der Waals surface area contributed by atoms with Gasteiger partial charge < -0.3 is 24.2 Å². The summed E-state index contributed by atoms with van der Waals surface area (Å²) < 4.78 is 27.1. The second-order valence-electron chi connectivity index (χ2n) is 7.03. The van der Waals surface area contributed by atoms with Gasteiger partial charge in [-0.25, -0.2) is 4.57 Å². The first-order chi connectivity index (χ1) is 12.6. The van der Waals surface area contributed by atoms with E-state index in [1.807, 2.05) is 0 Å². The van der Waals surface area contributed by atoms with Gasteiger partial charge in [-0.1, -0.05) is 0 Å². The van der Waals surface area contributed by atoms with Crippen LogP contribution < -0.4 is 4.74 Å². The van der Waals surface area contributed by atoms with Crippen LogP contribution in [-0.2, 0) is 18.6 Å². The van der Waals surface area contributed by atoms with Crippen molar-refractivity contribution in [3.8, 4) is 11.8 Å². The number of hydrogen-bond acceptors (Lipinski definition) is 6. The van der Waals surface area contributed by atoms with E-state index in [0.717, 1.165) is 0 Å². The summed E-state index contributed by atoms with van der Waals surface area (Å²) in [5.41, 5.74) is 0.135. The fraction of sp³-hybridized carbons (Fsp3) is 0.529. The molecule has 0 saturated carbocycles. The largest absolute Gasteiger partial charge is 0.485 e. The topological polar surface area (TPSA) is 129 Å². The van der Waals surface area contributed by atoms with Gasteiger partial charge in [-0.15, -0.1) is 0 Å². The van der Waals surface area contributed by atoms with E-state index in [9.17, 15) is 14.6 Å². The van der Waals surface area contributed by atoms with Crippen LogP contribution in [0.4, 0.5) is 0 Å². The Bertz CT molecular complexity index is 829. The third kappa shape index (κ3) is 4.15. The summed E-state index contributed by atoms with van der Waals surface area (Å²) in [6.45, 7) is 3.40. The van der Waals surface area contributed by atoms with Crippen LogP contribution >= 0.6 is 7.82 Å². The molecule has 2 heterocycles. The number of fused-ring (bicyclic) bond motifs is 1. The molecule has 10 heteroatoms. The predicted molar refractivity (Wildman–Crippen MR) is 92.4 cm³/mol. The molecule has 1 amide bonds. The molecule has 2 aliphatic heterocycles. The molecule has 1 aromatic carbocycles. The Morgan fingerprint density at radius 3 is 2.78 bits per heavy atom. The maximum absolute atomic E-state index is 12.4. The predicted octanol–water partition coefficient (Wildman–Crippen LogP) is 1.84. The second kappa shape index (κ2) is 7.23. The first kappa shape index (κ1) is 19.8. The lowest BCUT2D eigenvalue weighted by molar-refractivity contribution is -0.166. The monoisotopic (exact) mass is 396 g/mol. The van der Waals surface area contributed by atoms with Crippen molar-refractivity contribution in [2.24, 2.45) is 0 Å². The number of benzene rings is 1. The van der Waals surface area contributed by atoms with Gasteiger partial charge in [-0.3, -0.25) is 9.32 Å². The number of likely N-dealkylation sites (tertiary alicyclic amines) is 1. The van der Waals surface area contributed by atoms with Gasteiger partial charge in [0.2, 0.25) is 5.91 Å². The fourth-order valence-electron chi connectivity index (χ4n) is 3.59. The third-order valence-electron chi connectivity index (χ3n) is 4.72. The Kier molecular flexibility index (Phi) is 5.30. The standard InChI is InChI=1S/C17H21N2O7P/c1-17(2)16(24-10-25-27(21,22)23)15(19-7-3-4-14(19)20)12-8-11(9-18)5-6-13(12)26-17/h5-6,8,15-16H,3-4,7,10H2,1-2H3,(H2,21,22,23)/t15-,16-/m1/s1. The van der Waals surface area contributed by atoms with Crippen LogP contribution in [0.25, 0.3) is 0 Å². The summed E-state index contributed by atoms with van der Waals surface area (Å²) in [7, 11) is -4.70. The minimum absolute atomic E-state index is 0.0458. The van der Waals surface area contributed by atoms with Crippen molar-refractivity contribution in [1.82, 2.24) is 4.90 Å². The van der Waals surface area contributed by atoms with E-state index in [1.54, 1.807) is 36.9 Å². The van der Waals surface area contributed by atoms with Crippen LogP contribution in [0.1, 0.15) is 43.9 Å². The van der Waals surface area contributed by atoms with Gasteiger partial charge in [-0.2, -0.15) is 5.26 Å². The van der Waals surface area contributed by atoms with Gasteiger partial charge in [0, 0.05) is 18.5 Å². The van der Waals surface area contributed by atoms with Crippen molar-refractivity contribution < 1.29 is 33.1 Å². The fourth-order valence-corrected chi connectivity index (χ4v) is 3.78. The molecule has 2 N–H and O–H groups in total. The highest BCUT2D eigenvalue weighted by atomic mass is 31.2. The molecule has 2 atom stereocenters. The molecular weight excluding hydrogens is 375 g/mol. The number of nitrogens with zero attached hydrogens (tertiary/aromatic N) is 2. The van der Waals surface area contributed by atoms with Crippen LogP contribution in [0.2, 0.25) is 0 Å². The normalized spacial score (nSPS) is 24.3. The Hall–Kier alpha value is -1.95. The average molecular weight is 396 g/mol. The molecule has 0 radical (unpaired) electrons. The first-order valence-electron chi connectivity index (χ1n) is 8.46. The molecule has 9 nitrogen and oxygen atoms in total. The Labute approximate surface area is 156 Å². The highest BCUT2D eigenvalue weighted by Gasteiger charge is 2.49. The average Bonchev–Trinajstić information content (AvgIpc) is 2.99. The molecular formula is C17H21N2O7P. The highest BCUT2D eigenvalue weighted by Crippen LogP contribution is 2.46. The molecule has 2 aliphatic rings. The Balaban J connectivity index is 2.01. The van der Waals surface area contributed by atoms with Gasteiger partial charge in [-0.05, 0) is 38.5 Å². The van der Waals surface area contributed by atoms with Crippen LogP contribution in [0, 0.1) is 11.3 Å². The van der Waals surface area contributed by atoms with Crippen LogP contribution in [0.3, 0.4) is 0 Å². The van der Waals surface area contributed by atoms with E-state index in [4.69, 9.17) is 19.3 Å². The quantitative estimate of drug-likeness (QED) is 0.570. The Morgan fingerprint density at radius 1 is 1.44 bits per heavy atom. The molecule has 0 unspecified atom stereocenters. The van der Waals surface area contributed by atoms with Crippen molar-refractivity contribution in [2.75, 3.05) is 13.3 Å².